The number of oxazole rings is 1. The van der Waals surface area contributed by atoms with E-state index in [0.29, 0.717) is 66.4 Å². The molecule has 1 aliphatic rings. The van der Waals surface area contributed by atoms with Crippen LogP contribution in [0, 0.1) is 6.92 Å². The molecule has 1 amide bonds. The van der Waals surface area contributed by atoms with Crippen LogP contribution in [-0.2, 0) is 0 Å². The minimum Gasteiger partial charge on any atom is -0.477 e. The zero-order valence-corrected chi connectivity index (χ0v) is 17.2. The van der Waals surface area contributed by atoms with Crippen LogP contribution in [0.3, 0.4) is 0 Å². The Morgan fingerprint density at radius 3 is 2.80 bits per heavy atom. The molecular weight excluding hydrogens is 413 g/mol. The van der Waals surface area contributed by atoms with Crippen LogP contribution in [0.15, 0.2) is 28.8 Å². The first kappa shape index (κ1) is 20.3. The number of halogens is 2. The summed E-state index contributed by atoms with van der Waals surface area (Å²) in [6.45, 7) is 3.87. The predicted molar refractivity (Wildman–Crippen MR) is 110 cm³/mol. The molecule has 0 aromatic carbocycles. The quantitative estimate of drug-likeness (QED) is 0.435. The third-order valence-electron chi connectivity index (χ3n) is 4.84. The first-order valence-corrected chi connectivity index (χ1v) is 10.1. The van der Waals surface area contributed by atoms with Gasteiger partial charge in [0.1, 0.15) is 5.15 Å². The summed E-state index contributed by atoms with van der Waals surface area (Å²) in [5.74, 6) is 0.334. The van der Waals surface area contributed by atoms with Crippen molar-refractivity contribution >= 4 is 34.8 Å². The minimum absolute atomic E-state index is 0.0911. The molecule has 10 heteroatoms. The van der Waals surface area contributed by atoms with Crippen LogP contribution in [0.5, 0.6) is 5.88 Å². The number of carbonyl (C=O) groups is 1. The van der Waals surface area contributed by atoms with Crippen molar-refractivity contribution in [3.05, 3.63) is 40.7 Å². The number of carbonyl (C=O) groups excluding carboxylic acids is 1. The molecule has 0 aliphatic carbocycles. The third-order valence-corrected chi connectivity index (χ3v) is 5.05. The van der Waals surface area contributed by atoms with E-state index in [2.05, 4.69) is 15.0 Å². The number of aryl methyl sites for hydroxylation is 1. The number of pyridine rings is 2. The van der Waals surface area contributed by atoms with Crippen LogP contribution >= 0.6 is 11.6 Å². The topological polar surface area (TPSA) is 84.6 Å². The summed E-state index contributed by atoms with van der Waals surface area (Å²) >= 11 is 5.90. The van der Waals surface area contributed by atoms with E-state index in [1.54, 1.807) is 23.1 Å². The molecule has 0 saturated carbocycles. The summed E-state index contributed by atoms with van der Waals surface area (Å²) in [6, 6.07) is 5.62. The molecule has 3 aromatic rings. The standard InChI is InChI=1S/C20H21ClFN5O3/c1-13-11-14(12-23-18(13)29-10-2-5-22)19(28)26-6-8-27(9-7-26)20-25-17-15(30-20)3-4-16(21)24-17/h3-4,11-12H,2,5-10H2,1H3. The second-order valence-electron chi connectivity index (χ2n) is 6.97. The molecule has 1 fully saturated rings. The lowest BCUT2D eigenvalue weighted by Crippen LogP contribution is -2.49. The summed E-state index contributed by atoms with van der Waals surface area (Å²) in [5, 5.41) is 0.362. The average molecular weight is 434 g/mol. The number of amides is 1. The number of rotatable bonds is 6. The van der Waals surface area contributed by atoms with E-state index < -0.39 is 6.67 Å². The van der Waals surface area contributed by atoms with Crippen LogP contribution in [0.2, 0.25) is 5.15 Å². The van der Waals surface area contributed by atoms with Gasteiger partial charge in [-0.15, -0.1) is 0 Å². The molecule has 1 saturated heterocycles. The first-order valence-electron chi connectivity index (χ1n) is 9.68. The molecule has 4 heterocycles. The maximum atomic E-state index is 12.9. The van der Waals surface area contributed by atoms with E-state index in [9.17, 15) is 9.18 Å². The number of aromatic nitrogens is 3. The number of nitrogens with zero attached hydrogens (tertiary/aromatic N) is 5. The van der Waals surface area contributed by atoms with Crippen molar-refractivity contribution in [2.24, 2.45) is 0 Å². The number of ether oxygens (including phenoxy) is 1. The Bertz CT molecular complexity index is 1050. The predicted octanol–water partition coefficient (Wildman–Crippen LogP) is 3.28. The lowest BCUT2D eigenvalue weighted by molar-refractivity contribution is 0.0744. The van der Waals surface area contributed by atoms with E-state index in [4.69, 9.17) is 20.8 Å². The first-order chi connectivity index (χ1) is 14.5. The minimum atomic E-state index is -0.435. The van der Waals surface area contributed by atoms with Gasteiger partial charge in [0.2, 0.25) is 11.5 Å². The van der Waals surface area contributed by atoms with Crippen LogP contribution in [0.1, 0.15) is 22.3 Å². The molecule has 0 atom stereocenters. The molecule has 4 rings (SSSR count). The molecule has 0 radical (unpaired) electrons. The Hall–Kier alpha value is -2.94. The molecule has 0 N–H and O–H groups in total. The second kappa shape index (κ2) is 8.83. The molecule has 3 aromatic heterocycles. The third kappa shape index (κ3) is 4.30. The fourth-order valence-corrected chi connectivity index (χ4v) is 3.40. The van der Waals surface area contributed by atoms with E-state index in [0.717, 1.165) is 5.56 Å². The number of hydrogen-bond donors (Lipinski definition) is 0. The molecule has 1 aliphatic heterocycles. The van der Waals surface area contributed by atoms with Gasteiger partial charge in [-0.25, -0.2) is 9.97 Å². The highest BCUT2D eigenvalue weighted by molar-refractivity contribution is 6.29. The number of anilines is 1. The Morgan fingerprint density at radius 1 is 1.27 bits per heavy atom. The van der Waals surface area contributed by atoms with Gasteiger partial charge in [-0.1, -0.05) is 11.6 Å². The summed E-state index contributed by atoms with van der Waals surface area (Å²) < 4.78 is 23.4. The van der Waals surface area contributed by atoms with Crippen molar-refractivity contribution in [1.82, 2.24) is 19.9 Å². The van der Waals surface area contributed by atoms with Gasteiger partial charge in [0.25, 0.3) is 11.9 Å². The lowest BCUT2D eigenvalue weighted by atomic mass is 10.1. The number of fused-ring (bicyclic) bond motifs is 1. The maximum Gasteiger partial charge on any atom is 0.300 e. The fourth-order valence-electron chi connectivity index (χ4n) is 3.26. The monoisotopic (exact) mass is 433 g/mol. The molecule has 30 heavy (non-hydrogen) atoms. The highest BCUT2D eigenvalue weighted by atomic mass is 35.5. The second-order valence-corrected chi connectivity index (χ2v) is 7.36. The highest BCUT2D eigenvalue weighted by Crippen LogP contribution is 2.24. The van der Waals surface area contributed by atoms with Gasteiger partial charge >= 0.3 is 0 Å². The highest BCUT2D eigenvalue weighted by Gasteiger charge is 2.25. The van der Waals surface area contributed by atoms with E-state index >= 15 is 0 Å². The summed E-state index contributed by atoms with van der Waals surface area (Å²) in [6.07, 6.45) is 1.82. The van der Waals surface area contributed by atoms with Gasteiger partial charge in [-0.05, 0) is 25.1 Å². The van der Waals surface area contributed by atoms with Crippen LogP contribution in [0.25, 0.3) is 11.2 Å². The van der Waals surface area contributed by atoms with Crippen LogP contribution in [0.4, 0.5) is 10.4 Å². The average Bonchev–Trinajstić information content (AvgIpc) is 3.18. The van der Waals surface area contributed by atoms with Gasteiger partial charge in [0, 0.05) is 44.4 Å². The van der Waals surface area contributed by atoms with E-state index in [-0.39, 0.29) is 12.5 Å². The SMILES string of the molecule is Cc1cc(C(=O)N2CCN(c3nc4nc(Cl)ccc4o3)CC2)cnc1OCCCF. The Kier molecular flexibility index (Phi) is 5.98. The van der Waals surface area contributed by atoms with Gasteiger partial charge in [0.05, 0.1) is 18.8 Å². The van der Waals surface area contributed by atoms with Crippen molar-refractivity contribution in [3.8, 4) is 5.88 Å². The molecule has 0 bridgehead atoms. The normalized spacial score (nSPS) is 14.4. The molecule has 0 spiro atoms. The van der Waals surface area contributed by atoms with Gasteiger partial charge in [-0.2, -0.15) is 4.98 Å². The van der Waals surface area contributed by atoms with Crippen molar-refractivity contribution in [3.63, 3.8) is 0 Å². The summed E-state index contributed by atoms with van der Waals surface area (Å²) in [7, 11) is 0. The smallest absolute Gasteiger partial charge is 0.300 e. The molecular formula is C20H21ClFN5O3. The Balaban J connectivity index is 1.38. The Labute approximate surface area is 177 Å². The van der Waals surface area contributed by atoms with Gasteiger partial charge in [0.15, 0.2) is 5.58 Å². The van der Waals surface area contributed by atoms with Crippen LogP contribution in [-0.4, -0.2) is 65.2 Å². The summed E-state index contributed by atoms with van der Waals surface area (Å²) in [5.41, 5.74) is 2.28. The van der Waals surface area contributed by atoms with E-state index in [1.807, 2.05) is 11.8 Å². The maximum absolute atomic E-state index is 12.9. The zero-order chi connectivity index (χ0) is 21.1. The van der Waals surface area contributed by atoms with Crippen molar-refractivity contribution in [2.45, 2.75) is 13.3 Å². The molecule has 8 nitrogen and oxygen atoms in total. The number of hydrogen-bond acceptors (Lipinski definition) is 7. The molecule has 158 valence electrons. The van der Waals surface area contributed by atoms with Crippen molar-refractivity contribution in [1.29, 1.82) is 0 Å². The number of piperazine rings is 1. The van der Waals surface area contributed by atoms with Crippen molar-refractivity contribution < 1.29 is 18.3 Å². The van der Waals surface area contributed by atoms with Crippen LogP contribution < -0.4 is 9.64 Å². The van der Waals surface area contributed by atoms with Crippen molar-refractivity contribution in [2.75, 3.05) is 44.4 Å². The lowest BCUT2D eigenvalue weighted by Gasteiger charge is -2.33. The zero-order valence-electron chi connectivity index (χ0n) is 16.5. The number of alkyl halides is 1. The largest absolute Gasteiger partial charge is 0.477 e. The van der Waals surface area contributed by atoms with E-state index in [1.165, 1.54) is 6.20 Å². The van der Waals surface area contributed by atoms with Gasteiger partial charge < -0.3 is 19.0 Å². The molecule has 0 unspecified atom stereocenters. The Morgan fingerprint density at radius 2 is 2.07 bits per heavy atom. The fraction of sp³-hybridized carbons (Fsp3) is 0.400. The summed E-state index contributed by atoms with van der Waals surface area (Å²) in [4.78, 5) is 29.4. The van der Waals surface area contributed by atoms with Gasteiger partial charge in [-0.3, -0.25) is 9.18 Å².